The molecule has 1 heterocycles. The molecule has 1 aromatic carbocycles. The zero-order valence-electron chi connectivity index (χ0n) is 8.51. The maximum absolute atomic E-state index is 11.3. The van der Waals surface area contributed by atoms with Gasteiger partial charge >= 0.3 is 0 Å². The summed E-state index contributed by atoms with van der Waals surface area (Å²) >= 11 is 5.85. The average molecular weight is 237 g/mol. The number of nitrogens with zero attached hydrogens (tertiary/aromatic N) is 3. The molecule has 16 heavy (non-hydrogen) atoms. The summed E-state index contributed by atoms with van der Waals surface area (Å²) in [5.74, 6) is -0.270. The van der Waals surface area contributed by atoms with Crippen molar-refractivity contribution in [3.8, 4) is 5.69 Å². The lowest BCUT2D eigenvalue weighted by atomic mass is 10.3. The van der Waals surface area contributed by atoms with Crippen molar-refractivity contribution in [1.29, 1.82) is 0 Å². The summed E-state index contributed by atoms with van der Waals surface area (Å²) in [6.07, 6.45) is 1.55. The second kappa shape index (κ2) is 4.32. The molecule has 0 aliphatic carbocycles. The topological polar surface area (TPSA) is 59.8 Å². The summed E-state index contributed by atoms with van der Waals surface area (Å²) in [6.45, 7) is 0. The van der Waals surface area contributed by atoms with Gasteiger partial charge in [0.2, 0.25) is 0 Å². The lowest BCUT2D eigenvalue weighted by molar-refractivity contribution is 0.0958. The number of nitrogens with one attached hydrogen (secondary N) is 1. The monoisotopic (exact) mass is 236 g/mol. The Hall–Kier alpha value is -1.88. The highest BCUT2D eigenvalue weighted by Gasteiger charge is 2.09. The van der Waals surface area contributed by atoms with Gasteiger partial charge in [0.15, 0.2) is 5.69 Å². The second-order valence-corrected chi connectivity index (χ2v) is 3.54. The number of benzene rings is 1. The van der Waals surface area contributed by atoms with Gasteiger partial charge in [0.1, 0.15) is 0 Å². The zero-order chi connectivity index (χ0) is 11.5. The van der Waals surface area contributed by atoms with Crippen LogP contribution in [-0.2, 0) is 0 Å². The van der Waals surface area contributed by atoms with Gasteiger partial charge in [-0.15, -0.1) is 5.10 Å². The quantitative estimate of drug-likeness (QED) is 0.855. The summed E-state index contributed by atoms with van der Waals surface area (Å²) < 4.78 is 1.50. The van der Waals surface area contributed by atoms with Crippen LogP contribution >= 0.6 is 11.6 Å². The van der Waals surface area contributed by atoms with Gasteiger partial charge in [0.25, 0.3) is 5.91 Å². The Kier molecular flexibility index (Phi) is 2.87. The molecule has 0 saturated heterocycles. The van der Waals surface area contributed by atoms with Crippen molar-refractivity contribution in [3.63, 3.8) is 0 Å². The third kappa shape index (κ3) is 2.04. The van der Waals surface area contributed by atoms with E-state index in [1.165, 1.54) is 4.68 Å². The summed E-state index contributed by atoms with van der Waals surface area (Å²) in [7, 11) is 1.54. The predicted octanol–water partition coefficient (Wildman–Crippen LogP) is 1.28. The van der Waals surface area contributed by atoms with E-state index in [0.29, 0.717) is 5.02 Å². The molecule has 0 spiro atoms. The molecule has 0 bridgehead atoms. The van der Waals surface area contributed by atoms with E-state index in [1.807, 2.05) is 6.07 Å². The second-order valence-electron chi connectivity index (χ2n) is 3.11. The van der Waals surface area contributed by atoms with Gasteiger partial charge in [-0.2, -0.15) is 0 Å². The zero-order valence-corrected chi connectivity index (χ0v) is 9.27. The minimum Gasteiger partial charge on any atom is -0.354 e. The molecular weight excluding hydrogens is 228 g/mol. The van der Waals surface area contributed by atoms with Crippen LogP contribution in [0.2, 0.25) is 5.02 Å². The van der Waals surface area contributed by atoms with Gasteiger partial charge in [0.05, 0.1) is 11.9 Å². The number of carbonyl (C=O) groups is 1. The van der Waals surface area contributed by atoms with Crippen molar-refractivity contribution in [1.82, 2.24) is 20.3 Å². The normalized spacial score (nSPS) is 10.1. The summed E-state index contributed by atoms with van der Waals surface area (Å²) in [5, 5.41) is 10.7. The maximum Gasteiger partial charge on any atom is 0.273 e. The van der Waals surface area contributed by atoms with E-state index >= 15 is 0 Å². The number of amides is 1. The van der Waals surface area contributed by atoms with Gasteiger partial charge in [-0.05, 0) is 18.2 Å². The van der Waals surface area contributed by atoms with Gasteiger partial charge in [-0.25, -0.2) is 4.68 Å². The Labute approximate surface area is 97.0 Å². The SMILES string of the molecule is CNC(=O)c1cn(-c2cccc(Cl)c2)nn1. The first-order chi connectivity index (χ1) is 7.70. The van der Waals surface area contributed by atoms with Crippen LogP contribution in [0, 0.1) is 0 Å². The predicted molar refractivity (Wildman–Crippen MR) is 59.8 cm³/mol. The minimum atomic E-state index is -0.270. The number of aromatic nitrogens is 3. The average Bonchev–Trinajstić information content (AvgIpc) is 2.77. The van der Waals surface area contributed by atoms with Crippen LogP contribution in [0.25, 0.3) is 5.69 Å². The maximum atomic E-state index is 11.3. The van der Waals surface area contributed by atoms with Crippen molar-refractivity contribution in [2.75, 3.05) is 7.05 Å². The fourth-order valence-corrected chi connectivity index (χ4v) is 1.43. The van der Waals surface area contributed by atoms with Crippen molar-refractivity contribution >= 4 is 17.5 Å². The van der Waals surface area contributed by atoms with Crippen LogP contribution in [0.15, 0.2) is 30.5 Å². The van der Waals surface area contributed by atoms with Gasteiger partial charge in [0, 0.05) is 12.1 Å². The molecule has 1 aromatic heterocycles. The summed E-state index contributed by atoms with van der Waals surface area (Å²) in [6, 6.07) is 7.14. The van der Waals surface area contributed by atoms with E-state index < -0.39 is 0 Å². The van der Waals surface area contributed by atoms with Gasteiger partial charge < -0.3 is 5.32 Å². The number of hydrogen-bond acceptors (Lipinski definition) is 3. The standard InChI is InChI=1S/C10H9ClN4O/c1-12-10(16)9-6-15(14-13-9)8-4-2-3-7(11)5-8/h2-6H,1H3,(H,12,16). The fourth-order valence-electron chi connectivity index (χ4n) is 1.24. The summed E-state index contributed by atoms with van der Waals surface area (Å²) in [5.41, 5.74) is 1.03. The highest BCUT2D eigenvalue weighted by Crippen LogP contribution is 2.13. The molecule has 0 atom stereocenters. The smallest absolute Gasteiger partial charge is 0.273 e. The molecule has 0 radical (unpaired) electrons. The number of hydrogen-bond donors (Lipinski definition) is 1. The first-order valence-corrected chi connectivity index (χ1v) is 4.99. The number of halogens is 1. The first-order valence-electron chi connectivity index (χ1n) is 4.61. The molecule has 1 N–H and O–H groups in total. The van der Waals surface area contributed by atoms with Crippen molar-refractivity contribution in [3.05, 3.63) is 41.2 Å². The number of rotatable bonds is 2. The Bertz CT molecular complexity index is 523. The van der Waals surface area contributed by atoms with E-state index in [0.717, 1.165) is 5.69 Å². The van der Waals surface area contributed by atoms with Crippen LogP contribution in [0.1, 0.15) is 10.5 Å². The van der Waals surface area contributed by atoms with E-state index in [2.05, 4.69) is 15.6 Å². The lowest BCUT2D eigenvalue weighted by Gasteiger charge is -1.99. The highest BCUT2D eigenvalue weighted by atomic mass is 35.5. The fraction of sp³-hybridized carbons (Fsp3) is 0.100. The van der Waals surface area contributed by atoms with Gasteiger partial charge in [-0.3, -0.25) is 4.79 Å². The third-order valence-electron chi connectivity index (χ3n) is 2.03. The molecule has 82 valence electrons. The van der Waals surface area contributed by atoms with E-state index in [9.17, 15) is 4.79 Å². The van der Waals surface area contributed by atoms with Crippen LogP contribution in [0.5, 0.6) is 0 Å². The van der Waals surface area contributed by atoms with Gasteiger partial charge in [-0.1, -0.05) is 22.9 Å². The first kappa shape index (κ1) is 10.6. The molecular formula is C10H9ClN4O. The summed E-state index contributed by atoms with van der Waals surface area (Å²) in [4.78, 5) is 11.3. The van der Waals surface area contributed by atoms with Crippen LogP contribution in [0.3, 0.4) is 0 Å². The van der Waals surface area contributed by atoms with Crippen LogP contribution in [0.4, 0.5) is 0 Å². The molecule has 2 aromatic rings. The Morgan fingerprint density at radius 3 is 3.00 bits per heavy atom. The van der Waals surface area contributed by atoms with E-state index in [-0.39, 0.29) is 11.6 Å². The number of carbonyl (C=O) groups excluding carboxylic acids is 1. The van der Waals surface area contributed by atoms with E-state index in [4.69, 9.17) is 11.6 Å². The van der Waals surface area contributed by atoms with Crippen LogP contribution in [-0.4, -0.2) is 27.9 Å². The molecule has 0 saturated carbocycles. The molecule has 1 amide bonds. The Morgan fingerprint density at radius 1 is 1.50 bits per heavy atom. The molecule has 0 aliphatic rings. The largest absolute Gasteiger partial charge is 0.354 e. The molecule has 6 heteroatoms. The molecule has 2 rings (SSSR count). The molecule has 5 nitrogen and oxygen atoms in total. The molecule has 0 unspecified atom stereocenters. The molecule has 0 fully saturated rings. The third-order valence-corrected chi connectivity index (χ3v) is 2.26. The van der Waals surface area contributed by atoms with Crippen molar-refractivity contribution < 1.29 is 4.79 Å². The van der Waals surface area contributed by atoms with Crippen LogP contribution < -0.4 is 5.32 Å². The minimum absolute atomic E-state index is 0.266. The Balaban J connectivity index is 2.35. The van der Waals surface area contributed by atoms with E-state index in [1.54, 1.807) is 31.4 Å². The van der Waals surface area contributed by atoms with Crippen molar-refractivity contribution in [2.45, 2.75) is 0 Å². The molecule has 0 aliphatic heterocycles. The highest BCUT2D eigenvalue weighted by molar-refractivity contribution is 6.30. The van der Waals surface area contributed by atoms with Crippen molar-refractivity contribution in [2.24, 2.45) is 0 Å². The Morgan fingerprint density at radius 2 is 2.31 bits per heavy atom. The lowest BCUT2D eigenvalue weighted by Crippen LogP contribution is -2.18.